The van der Waals surface area contributed by atoms with Gasteiger partial charge in [-0.3, -0.25) is 9.69 Å². The number of aliphatic hydroxyl groups is 1. The zero-order valence-electron chi connectivity index (χ0n) is 16.4. The number of aliphatic hydroxyl groups excluding tert-OH is 1. The van der Waals surface area contributed by atoms with Crippen LogP contribution >= 0.6 is 11.8 Å². The minimum absolute atomic E-state index is 0.0103. The molecule has 1 aliphatic heterocycles. The SMILES string of the molecule is COc1ccc(N2C(=O)/C(=C/c3ccc(CO)cc3)S/C2=N\c2ccccc2)cc1. The van der Waals surface area contributed by atoms with Gasteiger partial charge in [0.25, 0.3) is 5.91 Å². The predicted molar refractivity (Wildman–Crippen MR) is 122 cm³/mol. The summed E-state index contributed by atoms with van der Waals surface area (Å²) in [4.78, 5) is 20.2. The van der Waals surface area contributed by atoms with Gasteiger partial charge < -0.3 is 9.84 Å². The Hall–Kier alpha value is -3.35. The average molecular weight is 417 g/mol. The fourth-order valence-electron chi connectivity index (χ4n) is 2.99. The van der Waals surface area contributed by atoms with Gasteiger partial charge in [0.2, 0.25) is 0 Å². The molecular formula is C24H20N2O3S. The molecule has 1 N–H and O–H groups in total. The minimum Gasteiger partial charge on any atom is -0.497 e. The average Bonchev–Trinajstić information content (AvgIpc) is 3.09. The molecule has 150 valence electrons. The number of para-hydroxylation sites is 1. The maximum atomic E-state index is 13.3. The van der Waals surface area contributed by atoms with Gasteiger partial charge in [-0.25, -0.2) is 4.99 Å². The molecule has 0 saturated carbocycles. The van der Waals surface area contributed by atoms with Crippen LogP contribution in [0.5, 0.6) is 5.75 Å². The molecule has 3 aromatic rings. The number of benzene rings is 3. The number of hydrogen-bond acceptors (Lipinski definition) is 5. The Morgan fingerprint density at radius 3 is 2.33 bits per heavy atom. The number of thioether (sulfide) groups is 1. The van der Waals surface area contributed by atoms with Gasteiger partial charge in [0.1, 0.15) is 5.75 Å². The molecule has 0 atom stereocenters. The predicted octanol–water partition coefficient (Wildman–Crippen LogP) is 5.00. The largest absolute Gasteiger partial charge is 0.497 e. The highest BCUT2D eigenvalue weighted by Gasteiger charge is 2.34. The van der Waals surface area contributed by atoms with Crippen molar-refractivity contribution in [2.75, 3.05) is 12.0 Å². The van der Waals surface area contributed by atoms with E-state index in [1.54, 1.807) is 12.0 Å². The highest BCUT2D eigenvalue weighted by Crippen LogP contribution is 2.37. The second kappa shape index (κ2) is 8.98. The number of carbonyl (C=O) groups is 1. The number of aliphatic imine (C=N–C) groups is 1. The first-order chi connectivity index (χ1) is 14.7. The molecule has 0 bridgehead atoms. The van der Waals surface area contributed by atoms with Gasteiger partial charge in [-0.05, 0) is 65.4 Å². The number of nitrogens with zero attached hydrogens (tertiary/aromatic N) is 2. The lowest BCUT2D eigenvalue weighted by atomic mass is 10.1. The first-order valence-corrected chi connectivity index (χ1v) is 10.2. The monoisotopic (exact) mass is 416 g/mol. The summed E-state index contributed by atoms with van der Waals surface area (Å²) in [5.74, 6) is 0.588. The van der Waals surface area contributed by atoms with E-state index in [2.05, 4.69) is 0 Å². The summed E-state index contributed by atoms with van der Waals surface area (Å²) < 4.78 is 5.23. The number of rotatable bonds is 5. The van der Waals surface area contributed by atoms with Crippen molar-refractivity contribution in [3.05, 3.63) is 94.9 Å². The molecule has 0 spiro atoms. The molecule has 6 heteroatoms. The van der Waals surface area contributed by atoms with Crippen molar-refractivity contribution in [3.63, 3.8) is 0 Å². The minimum atomic E-state index is -0.133. The third-order valence-electron chi connectivity index (χ3n) is 4.58. The lowest BCUT2D eigenvalue weighted by Gasteiger charge is -2.16. The van der Waals surface area contributed by atoms with Crippen LogP contribution in [0.15, 0.2) is 88.8 Å². The topological polar surface area (TPSA) is 62.1 Å². The van der Waals surface area contributed by atoms with Crippen molar-refractivity contribution in [3.8, 4) is 5.75 Å². The maximum absolute atomic E-state index is 13.3. The van der Waals surface area contributed by atoms with Gasteiger partial charge in [-0.15, -0.1) is 0 Å². The Morgan fingerprint density at radius 2 is 1.70 bits per heavy atom. The Balaban J connectivity index is 1.73. The lowest BCUT2D eigenvalue weighted by Crippen LogP contribution is -2.28. The van der Waals surface area contributed by atoms with Crippen LogP contribution in [0.3, 0.4) is 0 Å². The number of hydrogen-bond donors (Lipinski definition) is 1. The van der Waals surface area contributed by atoms with E-state index in [0.717, 1.165) is 28.3 Å². The molecule has 0 aliphatic carbocycles. The summed E-state index contributed by atoms with van der Waals surface area (Å²) in [6, 6.07) is 24.4. The van der Waals surface area contributed by atoms with E-state index in [1.165, 1.54) is 11.8 Å². The number of ether oxygens (including phenoxy) is 1. The molecule has 30 heavy (non-hydrogen) atoms. The van der Waals surface area contributed by atoms with E-state index in [1.807, 2.05) is 84.9 Å². The summed E-state index contributed by atoms with van der Waals surface area (Å²) in [5, 5.41) is 9.82. The number of amidine groups is 1. The molecule has 0 radical (unpaired) electrons. The summed E-state index contributed by atoms with van der Waals surface area (Å²) in [7, 11) is 1.61. The Labute approximate surface area is 179 Å². The van der Waals surface area contributed by atoms with Gasteiger partial charge in [0, 0.05) is 0 Å². The molecule has 4 rings (SSSR count). The van der Waals surface area contributed by atoms with E-state index in [9.17, 15) is 9.90 Å². The Kier molecular flexibility index (Phi) is 5.97. The van der Waals surface area contributed by atoms with E-state index < -0.39 is 0 Å². The molecule has 1 saturated heterocycles. The van der Waals surface area contributed by atoms with Crippen LogP contribution in [0.4, 0.5) is 11.4 Å². The molecule has 3 aromatic carbocycles. The fraction of sp³-hybridized carbons (Fsp3) is 0.0833. The molecule has 1 amide bonds. The van der Waals surface area contributed by atoms with Crippen molar-refractivity contribution in [1.29, 1.82) is 0 Å². The Bertz CT molecular complexity index is 1090. The molecular weight excluding hydrogens is 396 g/mol. The quantitative estimate of drug-likeness (QED) is 0.595. The molecule has 1 heterocycles. The molecule has 0 aromatic heterocycles. The number of carbonyl (C=O) groups excluding carboxylic acids is 1. The van der Waals surface area contributed by atoms with E-state index in [0.29, 0.717) is 10.1 Å². The van der Waals surface area contributed by atoms with Crippen LogP contribution in [0.25, 0.3) is 6.08 Å². The first kappa shape index (κ1) is 19.9. The first-order valence-electron chi connectivity index (χ1n) is 9.39. The summed E-state index contributed by atoms with van der Waals surface area (Å²) in [6.45, 7) is -0.0103. The van der Waals surface area contributed by atoms with E-state index in [4.69, 9.17) is 9.73 Å². The number of methoxy groups -OCH3 is 1. The molecule has 1 fully saturated rings. The van der Waals surface area contributed by atoms with Crippen LogP contribution in [0, 0.1) is 0 Å². The van der Waals surface area contributed by atoms with Gasteiger partial charge in [-0.1, -0.05) is 42.5 Å². The van der Waals surface area contributed by atoms with Crippen molar-refractivity contribution >= 4 is 40.3 Å². The van der Waals surface area contributed by atoms with Crippen LogP contribution in [0.2, 0.25) is 0 Å². The third kappa shape index (κ3) is 4.30. The second-order valence-corrected chi connectivity index (χ2v) is 7.59. The molecule has 5 nitrogen and oxygen atoms in total. The zero-order valence-corrected chi connectivity index (χ0v) is 17.2. The molecule has 1 aliphatic rings. The maximum Gasteiger partial charge on any atom is 0.271 e. The summed E-state index contributed by atoms with van der Waals surface area (Å²) in [5.41, 5.74) is 3.22. The highest BCUT2D eigenvalue weighted by molar-refractivity contribution is 8.19. The van der Waals surface area contributed by atoms with Gasteiger partial charge in [0.15, 0.2) is 5.17 Å². The third-order valence-corrected chi connectivity index (χ3v) is 5.55. The van der Waals surface area contributed by atoms with Gasteiger partial charge in [0.05, 0.1) is 30.0 Å². The van der Waals surface area contributed by atoms with Crippen LogP contribution in [0.1, 0.15) is 11.1 Å². The van der Waals surface area contributed by atoms with Crippen molar-refractivity contribution in [1.82, 2.24) is 0 Å². The summed E-state index contributed by atoms with van der Waals surface area (Å²) >= 11 is 1.34. The Morgan fingerprint density at radius 1 is 1.00 bits per heavy atom. The van der Waals surface area contributed by atoms with Crippen LogP contribution in [-0.2, 0) is 11.4 Å². The van der Waals surface area contributed by atoms with E-state index in [-0.39, 0.29) is 12.5 Å². The van der Waals surface area contributed by atoms with Crippen molar-refractivity contribution < 1.29 is 14.6 Å². The smallest absolute Gasteiger partial charge is 0.271 e. The van der Waals surface area contributed by atoms with Crippen molar-refractivity contribution in [2.24, 2.45) is 4.99 Å². The van der Waals surface area contributed by atoms with Gasteiger partial charge in [-0.2, -0.15) is 0 Å². The highest BCUT2D eigenvalue weighted by atomic mass is 32.2. The van der Waals surface area contributed by atoms with Crippen LogP contribution < -0.4 is 9.64 Å². The van der Waals surface area contributed by atoms with Crippen molar-refractivity contribution in [2.45, 2.75) is 6.61 Å². The van der Waals surface area contributed by atoms with Crippen LogP contribution in [-0.4, -0.2) is 23.3 Å². The van der Waals surface area contributed by atoms with E-state index >= 15 is 0 Å². The standard InChI is InChI=1S/C24H20N2O3S/c1-29-21-13-11-20(12-14-21)26-23(28)22(15-17-7-9-18(16-27)10-8-17)30-24(26)25-19-5-3-2-4-6-19/h2-15,27H,16H2,1H3/b22-15-,25-24-. The normalized spacial score (nSPS) is 16.5. The lowest BCUT2D eigenvalue weighted by molar-refractivity contribution is -0.113. The van der Waals surface area contributed by atoms with Gasteiger partial charge >= 0.3 is 0 Å². The zero-order chi connectivity index (χ0) is 20.9. The number of anilines is 1. The molecule has 0 unspecified atom stereocenters. The fourth-order valence-corrected chi connectivity index (χ4v) is 3.99. The number of amides is 1. The summed E-state index contributed by atoms with van der Waals surface area (Å²) in [6.07, 6.45) is 1.85. The second-order valence-electron chi connectivity index (χ2n) is 6.58.